The highest BCUT2D eigenvalue weighted by atomic mass is 79.9. The number of imide groups is 1. The molecule has 176 valence electrons. The van der Waals surface area contributed by atoms with Gasteiger partial charge in [0.05, 0.1) is 28.1 Å². The molecule has 1 aliphatic rings. The van der Waals surface area contributed by atoms with Gasteiger partial charge in [0.2, 0.25) is 0 Å². The fourth-order valence-corrected chi connectivity index (χ4v) is 4.49. The Balaban J connectivity index is 1.48. The number of aromatic carboxylic acids is 1. The molecule has 0 saturated carbocycles. The normalized spacial score (nSPS) is 12.4. The van der Waals surface area contributed by atoms with Crippen LogP contribution in [0.2, 0.25) is 0 Å². The molecule has 1 heterocycles. The molecular weight excluding hydrogens is 524 g/mol. The molecule has 0 saturated heterocycles. The number of rotatable bonds is 5. The lowest BCUT2D eigenvalue weighted by atomic mass is 10.0. The molecule has 7 nitrogen and oxygen atoms in total. The highest BCUT2D eigenvalue weighted by molar-refractivity contribution is 9.10. The Morgan fingerprint density at radius 2 is 1.44 bits per heavy atom. The molecule has 1 aliphatic heterocycles. The molecule has 0 aliphatic carbocycles. The summed E-state index contributed by atoms with van der Waals surface area (Å²) in [7, 11) is 0. The van der Waals surface area contributed by atoms with E-state index >= 15 is 0 Å². The molecule has 4 aromatic rings. The Morgan fingerprint density at radius 3 is 2.19 bits per heavy atom. The molecule has 8 heteroatoms. The number of amides is 3. The number of nitrogens with one attached hydrogen (secondary N) is 1. The zero-order valence-electron chi connectivity index (χ0n) is 18.6. The Bertz CT molecular complexity index is 1570. The van der Waals surface area contributed by atoms with E-state index in [-0.39, 0.29) is 27.9 Å². The third-order valence-corrected chi connectivity index (χ3v) is 6.33. The molecule has 36 heavy (non-hydrogen) atoms. The van der Waals surface area contributed by atoms with Gasteiger partial charge in [-0.05, 0) is 48.0 Å². The van der Waals surface area contributed by atoms with Gasteiger partial charge in [-0.15, -0.1) is 0 Å². The van der Waals surface area contributed by atoms with Crippen molar-refractivity contribution in [3.05, 3.63) is 118 Å². The average molecular weight is 541 g/mol. The van der Waals surface area contributed by atoms with Crippen LogP contribution in [0.4, 0.5) is 11.4 Å². The van der Waals surface area contributed by atoms with Crippen molar-refractivity contribution in [2.45, 2.75) is 0 Å². The van der Waals surface area contributed by atoms with Crippen molar-refractivity contribution in [2.24, 2.45) is 0 Å². The molecule has 0 atom stereocenters. The predicted molar refractivity (Wildman–Crippen MR) is 139 cm³/mol. The number of benzene rings is 4. The van der Waals surface area contributed by atoms with Gasteiger partial charge in [0.15, 0.2) is 0 Å². The van der Waals surface area contributed by atoms with Crippen LogP contribution in [0.1, 0.15) is 41.4 Å². The quantitative estimate of drug-likeness (QED) is 0.308. The van der Waals surface area contributed by atoms with Crippen LogP contribution >= 0.6 is 15.9 Å². The number of hydrogen-bond acceptors (Lipinski definition) is 4. The Morgan fingerprint density at radius 1 is 0.750 bits per heavy atom. The van der Waals surface area contributed by atoms with Crippen LogP contribution in [-0.2, 0) is 0 Å². The lowest BCUT2D eigenvalue weighted by molar-refractivity contribution is 0.0697. The van der Waals surface area contributed by atoms with Gasteiger partial charge in [-0.2, -0.15) is 0 Å². The SMILES string of the molecule is O=C(Nc1ccc(Br)cc1C(=O)O)c1ccc2c(c1)C(=O)N(c1ccccc1-c1ccccc1)C2=O. The molecular formula is C28H17BrN2O5. The second kappa shape index (κ2) is 9.24. The maximum absolute atomic E-state index is 13.4. The Hall–Kier alpha value is -4.56. The molecule has 0 fully saturated rings. The third kappa shape index (κ3) is 4.08. The number of anilines is 2. The fraction of sp³-hybridized carbons (Fsp3) is 0. The number of halogens is 1. The van der Waals surface area contributed by atoms with Gasteiger partial charge in [-0.1, -0.05) is 64.5 Å². The standard InChI is InChI=1S/C28H17BrN2O5/c29-18-11-13-23(22(15-18)28(35)36)30-25(32)17-10-12-20-21(14-17)27(34)31(26(20)33)24-9-5-4-8-19(24)16-6-2-1-3-7-16/h1-15H,(H,30,32)(H,35,36). The number of carbonyl (C=O) groups is 4. The Kier molecular flexibility index (Phi) is 5.95. The molecule has 0 bridgehead atoms. The Labute approximate surface area is 214 Å². The topological polar surface area (TPSA) is 104 Å². The third-order valence-electron chi connectivity index (χ3n) is 5.84. The van der Waals surface area contributed by atoms with Gasteiger partial charge in [0, 0.05) is 15.6 Å². The van der Waals surface area contributed by atoms with E-state index in [9.17, 15) is 24.3 Å². The van der Waals surface area contributed by atoms with Crippen LogP contribution in [0, 0.1) is 0 Å². The van der Waals surface area contributed by atoms with Crippen LogP contribution in [0.15, 0.2) is 95.5 Å². The van der Waals surface area contributed by atoms with E-state index in [0.717, 1.165) is 16.0 Å². The summed E-state index contributed by atoms with van der Waals surface area (Å²) < 4.78 is 0.551. The summed E-state index contributed by atoms with van der Waals surface area (Å²) in [5.74, 6) is -2.82. The van der Waals surface area contributed by atoms with E-state index in [0.29, 0.717) is 10.2 Å². The number of carboxylic acids is 1. The smallest absolute Gasteiger partial charge is 0.337 e. The largest absolute Gasteiger partial charge is 0.478 e. The van der Waals surface area contributed by atoms with Crippen molar-refractivity contribution in [1.29, 1.82) is 0 Å². The number of hydrogen-bond donors (Lipinski definition) is 2. The van der Waals surface area contributed by atoms with Gasteiger partial charge in [-0.3, -0.25) is 14.4 Å². The second-order valence-corrected chi connectivity index (χ2v) is 8.95. The van der Waals surface area contributed by atoms with E-state index in [1.165, 1.54) is 30.3 Å². The van der Waals surface area contributed by atoms with Crippen molar-refractivity contribution >= 4 is 51.0 Å². The van der Waals surface area contributed by atoms with Gasteiger partial charge in [-0.25, -0.2) is 9.69 Å². The summed E-state index contributed by atoms with van der Waals surface area (Å²) in [5.41, 5.74) is 2.45. The fourth-order valence-electron chi connectivity index (χ4n) is 4.13. The van der Waals surface area contributed by atoms with Gasteiger partial charge >= 0.3 is 5.97 Å². The first-order valence-electron chi connectivity index (χ1n) is 10.9. The molecule has 0 aromatic heterocycles. The molecule has 0 spiro atoms. The van der Waals surface area contributed by atoms with Crippen LogP contribution in [0.3, 0.4) is 0 Å². The molecule has 0 unspecified atom stereocenters. The monoisotopic (exact) mass is 540 g/mol. The second-order valence-electron chi connectivity index (χ2n) is 8.04. The van der Waals surface area contributed by atoms with Crippen LogP contribution in [0.25, 0.3) is 11.1 Å². The first-order valence-corrected chi connectivity index (χ1v) is 11.7. The number of carbonyl (C=O) groups excluding carboxylic acids is 3. The van der Waals surface area contributed by atoms with Crippen molar-refractivity contribution in [1.82, 2.24) is 0 Å². The summed E-state index contributed by atoms with van der Waals surface area (Å²) in [4.78, 5) is 52.3. The molecule has 0 radical (unpaired) electrons. The summed E-state index contributed by atoms with van der Waals surface area (Å²) in [5, 5.41) is 12.0. The minimum atomic E-state index is -1.20. The lowest BCUT2D eigenvalue weighted by Gasteiger charge is -2.18. The predicted octanol–water partition coefficient (Wildman–Crippen LogP) is 5.87. The molecule has 3 amide bonds. The average Bonchev–Trinajstić information content (AvgIpc) is 3.14. The zero-order chi connectivity index (χ0) is 25.4. The number of carboxylic acid groups (broad SMARTS) is 1. The van der Waals surface area contributed by atoms with Crippen molar-refractivity contribution < 1.29 is 24.3 Å². The molecule has 5 rings (SSSR count). The lowest BCUT2D eigenvalue weighted by Crippen LogP contribution is -2.29. The van der Waals surface area contributed by atoms with Crippen molar-refractivity contribution in [3.63, 3.8) is 0 Å². The van der Waals surface area contributed by atoms with Gasteiger partial charge in [0.25, 0.3) is 17.7 Å². The first-order chi connectivity index (χ1) is 17.3. The highest BCUT2D eigenvalue weighted by Crippen LogP contribution is 2.36. The summed E-state index contributed by atoms with van der Waals surface area (Å²) in [6.45, 7) is 0. The van der Waals surface area contributed by atoms with Gasteiger partial charge in [0.1, 0.15) is 0 Å². The van der Waals surface area contributed by atoms with E-state index in [1.54, 1.807) is 18.2 Å². The van der Waals surface area contributed by atoms with Gasteiger partial charge < -0.3 is 10.4 Å². The van der Waals surface area contributed by atoms with Crippen molar-refractivity contribution in [3.8, 4) is 11.1 Å². The maximum atomic E-state index is 13.4. The van der Waals surface area contributed by atoms with Crippen LogP contribution in [-0.4, -0.2) is 28.8 Å². The van der Waals surface area contributed by atoms with E-state index in [1.807, 2.05) is 42.5 Å². The van der Waals surface area contributed by atoms with Crippen LogP contribution < -0.4 is 10.2 Å². The molecule has 2 N–H and O–H groups in total. The first kappa shape index (κ1) is 23.2. The number of nitrogens with zero attached hydrogens (tertiary/aromatic N) is 1. The van der Waals surface area contributed by atoms with E-state index in [4.69, 9.17) is 0 Å². The highest BCUT2D eigenvalue weighted by Gasteiger charge is 2.38. The van der Waals surface area contributed by atoms with Crippen molar-refractivity contribution in [2.75, 3.05) is 10.2 Å². The van der Waals surface area contributed by atoms with Crippen LogP contribution in [0.5, 0.6) is 0 Å². The number of para-hydroxylation sites is 1. The summed E-state index contributed by atoms with van der Waals surface area (Å²) in [6, 6.07) is 25.2. The minimum absolute atomic E-state index is 0.0890. The van der Waals surface area contributed by atoms with E-state index in [2.05, 4.69) is 21.2 Å². The number of fused-ring (bicyclic) bond motifs is 1. The minimum Gasteiger partial charge on any atom is -0.478 e. The van der Waals surface area contributed by atoms with E-state index < -0.39 is 23.7 Å². The summed E-state index contributed by atoms with van der Waals surface area (Å²) >= 11 is 3.22. The zero-order valence-corrected chi connectivity index (χ0v) is 20.2. The molecule has 4 aromatic carbocycles. The maximum Gasteiger partial charge on any atom is 0.337 e. The summed E-state index contributed by atoms with van der Waals surface area (Å²) in [6.07, 6.45) is 0.